The number of nitrogens with two attached hydrogens (primary N) is 2. The van der Waals surface area contributed by atoms with Gasteiger partial charge in [0.15, 0.2) is 5.96 Å². The summed E-state index contributed by atoms with van der Waals surface area (Å²) in [7, 11) is -4.54. The Hall–Kier alpha value is -2.40. The molecule has 28 heavy (non-hydrogen) atoms. The highest BCUT2D eigenvalue weighted by Crippen LogP contribution is 2.39. The molecule has 0 heterocycles. The fourth-order valence-electron chi connectivity index (χ4n) is 2.52. The van der Waals surface area contributed by atoms with Crippen molar-refractivity contribution in [1.82, 2.24) is 0 Å². The van der Waals surface area contributed by atoms with Crippen LogP contribution in [0.1, 0.15) is 28.4 Å². The lowest BCUT2D eigenvalue weighted by Crippen LogP contribution is -2.25. The number of amides is 1. The average Bonchev–Trinajstić information content (AvgIpc) is 2.59. The number of aliphatic imine (C=N–C) groups is 1. The van der Waals surface area contributed by atoms with E-state index in [-0.39, 0.29) is 21.4 Å². The van der Waals surface area contributed by atoms with Crippen LogP contribution in [0, 0.1) is 0 Å². The first-order valence-corrected chi connectivity index (χ1v) is 10.0. The minimum atomic E-state index is -5.04. The number of alkyl halides is 3. The first-order valence-electron chi connectivity index (χ1n) is 7.77. The van der Waals surface area contributed by atoms with Crippen LogP contribution < -0.4 is 11.5 Å². The standard InChI is InChI=1S/C17H15BrF3N3O3S/c1-2-9-7-14(28(26,27)13-6-4-3-5-12(13)18)11(17(19,20)21)8-10(9)15(25)24-16(22)23/h3-8H,2H2,1H3,(H4,22,23,24,25). The second-order valence-electron chi connectivity index (χ2n) is 5.63. The monoisotopic (exact) mass is 477 g/mol. The van der Waals surface area contributed by atoms with Crippen LogP contribution in [0.15, 0.2) is 55.7 Å². The second-order valence-corrected chi connectivity index (χ2v) is 8.37. The van der Waals surface area contributed by atoms with Crippen LogP contribution in [0.4, 0.5) is 13.2 Å². The number of aryl methyl sites for hydroxylation is 1. The lowest BCUT2D eigenvalue weighted by Gasteiger charge is -2.17. The van der Waals surface area contributed by atoms with E-state index < -0.39 is 43.9 Å². The second kappa shape index (κ2) is 7.92. The smallest absolute Gasteiger partial charge is 0.370 e. The molecule has 2 rings (SSSR count). The zero-order valence-electron chi connectivity index (χ0n) is 14.4. The Morgan fingerprint density at radius 1 is 1.14 bits per heavy atom. The summed E-state index contributed by atoms with van der Waals surface area (Å²) in [4.78, 5) is 14.1. The molecule has 0 aromatic heterocycles. The topological polar surface area (TPSA) is 116 Å². The zero-order chi connectivity index (χ0) is 21.3. The number of hydrogen-bond donors (Lipinski definition) is 2. The summed E-state index contributed by atoms with van der Waals surface area (Å²) in [5.41, 5.74) is 8.41. The third-order valence-electron chi connectivity index (χ3n) is 3.77. The largest absolute Gasteiger partial charge is 0.417 e. The molecule has 0 aliphatic carbocycles. The number of guanidine groups is 1. The number of rotatable bonds is 4. The van der Waals surface area contributed by atoms with E-state index in [0.29, 0.717) is 6.07 Å². The van der Waals surface area contributed by atoms with Gasteiger partial charge in [-0.3, -0.25) is 4.79 Å². The van der Waals surface area contributed by atoms with Gasteiger partial charge < -0.3 is 11.5 Å². The van der Waals surface area contributed by atoms with Crippen molar-refractivity contribution in [2.24, 2.45) is 16.5 Å². The molecule has 0 fully saturated rings. The highest BCUT2D eigenvalue weighted by molar-refractivity contribution is 9.10. The molecule has 0 aliphatic heterocycles. The van der Waals surface area contributed by atoms with Gasteiger partial charge in [-0.25, -0.2) is 8.42 Å². The van der Waals surface area contributed by atoms with Gasteiger partial charge >= 0.3 is 6.18 Å². The van der Waals surface area contributed by atoms with Crippen LogP contribution in [0.3, 0.4) is 0 Å². The van der Waals surface area contributed by atoms with Crippen molar-refractivity contribution < 1.29 is 26.4 Å². The fourth-order valence-corrected chi connectivity index (χ4v) is 5.02. The van der Waals surface area contributed by atoms with Gasteiger partial charge in [0.05, 0.1) is 15.4 Å². The molecule has 11 heteroatoms. The Kier molecular flexibility index (Phi) is 6.19. The number of hydrogen-bond acceptors (Lipinski definition) is 3. The predicted molar refractivity (Wildman–Crippen MR) is 101 cm³/mol. The van der Waals surface area contributed by atoms with Crippen LogP contribution in [0.2, 0.25) is 0 Å². The van der Waals surface area contributed by atoms with E-state index in [0.717, 1.165) is 6.07 Å². The molecule has 6 nitrogen and oxygen atoms in total. The molecule has 2 aromatic carbocycles. The third-order valence-corrected chi connectivity index (χ3v) is 6.57. The van der Waals surface area contributed by atoms with Crippen LogP contribution in [-0.4, -0.2) is 20.3 Å². The highest BCUT2D eigenvalue weighted by atomic mass is 79.9. The van der Waals surface area contributed by atoms with E-state index in [1.54, 1.807) is 6.92 Å². The molecule has 0 aliphatic rings. The van der Waals surface area contributed by atoms with Crippen molar-refractivity contribution in [3.05, 3.63) is 57.6 Å². The average molecular weight is 478 g/mol. The van der Waals surface area contributed by atoms with E-state index in [1.807, 2.05) is 0 Å². The Bertz CT molecular complexity index is 1060. The molecule has 0 atom stereocenters. The van der Waals surface area contributed by atoms with Gasteiger partial charge in [0.25, 0.3) is 5.91 Å². The van der Waals surface area contributed by atoms with Crippen LogP contribution in [0.5, 0.6) is 0 Å². The van der Waals surface area contributed by atoms with Gasteiger partial charge in [0, 0.05) is 10.0 Å². The molecule has 2 aromatic rings. The Balaban J connectivity index is 2.87. The summed E-state index contributed by atoms with van der Waals surface area (Å²) < 4.78 is 67.0. The molecule has 0 bridgehead atoms. The predicted octanol–water partition coefficient (Wildman–Crippen LogP) is 3.28. The lowest BCUT2D eigenvalue weighted by atomic mass is 10.0. The van der Waals surface area contributed by atoms with E-state index >= 15 is 0 Å². The van der Waals surface area contributed by atoms with Gasteiger partial charge in [-0.15, -0.1) is 0 Å². The summed E-state index contributed by atoms with van der Waals surface area (Å²) in [5.74, 6) is -1.71. The van der Waals surface area contributed by atoms with Gasteiger partial charge in [0.1, 0.15) is 0 Å². The highest BCUT2D eigenvalue weighted by Gasteiger charge is 2.39. The zero-order valence-corrected chi connectivity index (χ0v) is 16.8. The molecule has 1 amide bonds. The Morgan fingerprint density at radius 2 is 1.75 bits per heavy atom. The van der Waals surface area contributed by atoms with Crippen molar-refractivity contribution in [2.45, 2.75) is 29.3 Å². The minimum Gasteiger partial charge on any atom is -0.370 e. The van der Waals surface area contributed by atoms with Crippen molar-refractivity contribution >= 4 is 37.6 Å². The molecule has 4 N–H and O–H groups in total. The lowest BCUT2D eigenvalue weighted by molar-refractivity contribution is -0.139. The van der Waals surface area contributed by atoms with E-state index in [9.17, 15) is 26.4 Å². The number of halogens is 4. The van der Waals surface area contributed by atoms with Crippen LogP contribution in [0.25, 0.3) is 0 Å². The minimum absolute atomic E-state index is 0.0635. The molecular formula is C17H15BrF3N3O3S. The van der Waals surface area contributed by atoms with Crippen LogP contribution >= 0.6 is 15.9 Å². The third kappa shape index (κ3) is 4.36. The Labute approximate surface area is 167 Å². The van der Waals surface area contributed by atoms with E-state index in [4.69, 9.17) is 11.5 Å². The molecule has 0 saturated carbocycles. The molecule has 0 radical (unpaired) electrons. The first kappa shape index (κ1) is 21.9. The maximum absolute atomic E-state index is 13.7. The molecule has 0 saturated heterocycles. The van der Waals surface area contributed by atoms with Crippen molar-refractivity contribution in [1.29, 1.82) is 0 Å². The van der Waals surface area contributed by atoms with Gasteiger partial charge in [0.2, 0.25) is 9.84 Å². The number of sulfone groups is 1. The Morgan fingerprint density at radius 3 is 2.25 bits per heavy atom. The van der Waals surface area contributed by atoms with E-state index in [1.165, 1.54) is 24.3 Å². The maximum atomic E-state index is 13.7. The summed E-state index contributed by atoms with van der Waals surface area (Å²) in [6.07, 6.45) is -4.96. The maximum Gasteiger partial charge on any atom is 0.417 e. The van der Waals surface area contributed by atoms with Crippen molar-refractivity contribution in [2.75, 3.05) is 0 Å². The first-order chi connectivity index (χ1) is 12.9. The molecular weight excluding hydrogens is 463 g/mol. The van der Waals surface area contributed by atoms with Crippen LogP contribution in [-0.2, 0) is 22.4 Å². The molecule has 150 valence electrons. The number of carbonyl (C=O) groups excluding carboxylic acids is 1. The molecule has 0 unspecified atom stereocenters. The SMILES string of the molecule is CCc1cc(S(=O)(=O)c2ccccc2Br)c(C(F)(F)F)cc1C(=O)N=C(N)N. The van der Waals surface area contributed by atoms with Crippen molar-refractivity contribution in [3.8, 4) is 0 Å². The van der Waals surface area contributed by atoms with Crippen molar-refractivity contribution in [3.63, 3.8) is 0 Å². The number of nitrogens with zero attached hydrogens (tertiary/aromatic N) is 1. The van der Waals surface area contributed by atoms with Gasteiger partial charge in [-0.2, -0.15) is 18.2 Å². The number of carbonyl (C=O) groups is 1. The number of benzene rings is 2. The normalized spacial score (nSPS) is 11.9. The fraction of sp³-hybridized carbons (Fsp3) is 0.176. The quantitative estimate of drug-likeness (QED) is 0.517. The van der Waals surface area contributed by atoms with Gasteiger partial charge in [-0.1, -0.05) is 19.1 Å². The van der Waals surface area contributed by atoms with E-state index in [2.05, 4.69) is 20.9 Å². The van der Waals surface area contributed by atoms with Gasteiger partial charge in [-0.05, 0) is 52.2 Å². The summed E-state index contributed by atoms with van der Waals surface area (Å²) in [5, 5.41) is 0. The molecule has 0 spiro atoms. The summed E-state index contributed by atoms with van der Waals surface area (Å²) >= 11 is 3.04. The summed E-state index contributed by atoms with van der Waals surface area (Å²) in [6, 6.07) is 6.82. The summed E-state index contributed by atoms with van der Waals surface area (Å²) in [6.45, 7) is 1.56.